The molecule has 5 nitrogen and oxygen atoms in total. The molecule has 0 atom stereocenters. The number of nitrogens with one attached hydrogen (secondary N) is 1. The van der Waals surface area contributed by atoms with E-state index in [9.17, 15) is 8.78 Å². The highest BCUT2D eigenvalue weighted by atomic mass is 32.1. The molecule has 1 N–H and O–H groups in total. The van der Waals surface area contributed by atoms with Gasteiger partial charge in [0.1, 0.15) is 16.4 Å². The predicted molar refractivity (Wildman–Crippen MR) is 112 cm³/mol. The number of rotatable bonds is 6. The number of hydrazone groups is 1. The van der Waals surface area contributed by atoms with Crippen molar-refractivity contribution < 1.29 is 13.5 Å². The first kappa shape index (κ1) is 18.9. The molecule has 8 heteroatoms. The Bertz CT molecular complexity index is 1140. The summed E-state index contributed by atoms with van der Waals surface area (Å²) in [5, 5.41) is 5.11. The van der Waals surface area contributed by atoms with Gasteiger partial charge in [0.05, 0.1) is 11.6 Å². The molecule has 2 heterocycles. The highest BCUT2D eigenvalue weighted by Gasteiger charge is 2.11. The van der Waals surface area contributed by atoms with Crippen molar-refractivity contribution in [1.29, 1.82) is 0 Å². The number of thiophene rings is 1. The molecule has 29 heavy (non-hydrogen) atoms. The molecule has 0 saturated heterocycles. The summed E-state index contributed by atoms with van der Waals surface area (Å²) < 4.78 is 28.8. The van der Waals surface area contributed by atoms with Crippen LogP contribution in [0.2, 0.25) is 0 Å². The number of hydrogen-bond acceptors (Lipinski definition) is 6. The van der Waals surface area contributed by atoms with Gasteiger partial charge in [0.15, 0.2) is 5.82 Å². The number of aryl methyl sites for hydroxylation is 1. The molecule has 4 aromatic rings. The van der Waals surface area contributed by atoms with E-state index in [2.05, 4.69) is 37.4 Å². The Labute approximate surface area is 169 Å². The zero-order valence-corrected chi connectivity index (χ0v) is 16.2. The number of nitrogens with zero attached hydrogens (tertiary/aromatic N) is 3. The van der Waals surface area contributed by atoms with Crippen molar-refractivity contribution in [2.24, 2.45) is 5.10 Å². The molecule has 0 amide bonds. The first-order valence-corrected chi connectivity index (χ1v) is 9.58. The van der Waals surface area contributed by atoms with Gasteiger partial charge in [-0.2, -0.15) is 13.9 Å². The summed E-state index contributed by atoms with van der Waals surface area (Å²) >= 11 is 1.60. The highest BCUT2D eigenvalue weighted by Crippen LogP contribution is 2.35. The first-order chi connectivity index (χ1) is 14.1. The highest BCUT2D eigenvalue weighted by molar-refractivity contribution is 7.21. The van der Waals surface area contributed by atoms with Gasteiger partial charge in [0, 0.05) is 4.88 Å². The quantitative estimate of drug-likeness (QED) is 0.327. The Balaban J connectivity index is 1.56. The zero-order valence-electron chi connectivity index (χ0n) is 15.3. The summed E-state index contributed by atoms with van der Waals surface area (Å²) in [5.41, 5.74) is 4.81. The second-order valence-electron chi connectivity index (χ2n) is 6.13. The maximum atomic E-state index is 12.2. The van der Waals surface area contributed by atoms with Crippen LogP contribution in [0.4, 0.5) is 14.6 Å². The van der Waals surface area contributed by atoms with E-state index in [0.717, 1.165) is 26.2 Å². The van der Waals surface area contributed by atoms with E-state index in [-0.39, 0.29) is 5.75 Å². The van der Waals surface area contributed by atoms with Crippen molar-refractivity contribution in [2.75, 3.05) is 5.43 Å². The average Bonchev–Trinajstić information content (AvgIpc) is 3.14. The van der Waals surface area contributed by atoms with Crippen LogP contribution in [0.5, 0.6) is 5.75 Å². The number of hydrogen-bond donors (Lipinski definition) is 1. The minimum absolute atomic E-state index is 0.102. The normalized spacial score (nSPS) is 11.4. The number of benzene rings is 2. The molecule has 0 aliphatic heterocycles. The fraction of sp³-hybridized carbons (Fsp3) is 0.0952. The predicted octanol–water partition coefficient (Wildman–Crippen LogP) is 5.71. The van der Waals surface area contributed by atoms with Gasteiger partial charge >= 0.3 is 6.61 Å². The molecule has 2 aromatic carbocycles. The van der Waals surface area contributed by atoms with Gasteiger partial charge in [0.25, 0.3) is 0 Å². The van der Waals surface area contributed by atoms with Crippen molar-refractivity contribution in [1.82, 2.24) is 9.97 Å². The molecule has 0 aliphatic carbocycles. The van der Waals surface area contributed by atoms with Gasteiger partial charge in [-0.3, -0.25) is 5.43 Å². The SMILES string of the molecule is Cc1nc(N/N=C\c2ccc(OC(F)F)cc2)c2cc(-c3ccccc3)sc2n1. The van der Waals surface area contributed by atoms with Crippen molar-refractivity contribution >= 4 is 33.6 Å². The maximum Gasteiger partial charge on any atom is 0.387 e. The standard InChI is InChI=1S/C21H16F2N4OS/c1-13-25-19(27-24-12-14-7-9-16(10-8-14)28-21(22)23)17-11-18(29-20(17)26-13)15-5-3-2-4-6-15/h2-12,21H,1H3,(H,25,26,27)/b24-12-. The molecule has 0 aliphatic rings. The fourth-order valence-electron chi connectivity index (χ4n) is 2.76. The van der Waals surface area contributed by atoms with Crippen LogP contribution in [0, 0.1) is 6.92 Å². The lowest BCUT2D eigenvalue weighted by atomic mass is 10.2. The molecule has 0 bridgehead atoms. The summed E-state index contributed by atoms with van der Waals surface area (Å²) in [5.74, 6) is 1.36. The summed E-state index contributed by atoms with van der Waals surface area (Å²) in [6, 6.07) is 18.3. The van der Waals surface area contributed by atoms with Gasteiger partial charge in [-0.05, 0) is 48.4 Å². The van der Waals surface area contributed by atoms with Gasteiger partial charge in [-0.15, -0.1) is 11.3 Å². The molecule has 0 saturated carbocycles. The van der Waals surface area contributed by atoms with Crippen LogP contribution in [0.3, 0.4) is 0 Å². The monoisotopic (exact) mass is 410 g/mol. The third-order valence-electron chi connectivity index (χ3n) is 4.05. The van der Waals surface area contributed by atoms with Gasteiger partial charge in [0.2, 0.25) is 0 Å². The Morgan fingerprint density at radius 3 is 2.55 bits per heavy atom. The Kier molecular flexibility index (Phi) is 5.44. The van der Waals surface area contributed by atoms with Gasteiger partial charge < -0.3 is 4.74 Å². The van der Waals surface area contributed by atoms with E-state index in [4.69, 9.17) is 0 Å². The lowest BCUT2D eigenvalue weighted by Crippen LogP contribution is -2.01. The summed E-state index contributed by atoms with van der Waals surface area (Å²) in [7, 11) is 0. The van der Waals surface area contributed by atoms with Crippen LogP contribution in [-0.4, -0.2) is 22.8 Å². The number of fused-ring (bicyclic) bond motifs is 1. The van der Waals surface area contributed by atoms with Crippen molar-refractivity contribution in [2.45, 2.75) is 13.5 Å². The van der Waals surface area contributed by atoms with E-state index in [1.165, 1.54) is 12.1 Å². The topological polar surface area (TPSA) is 59.4 Å². The maximum absolute atomic E-state index is 12.2. The Morgan fingerprint density at radius 1 is 1.07 bits per heavy atom. The third kappa shape index (κ3) is 4.55. The third-order valence-corrected chi connectivity index (χ3v) is 5.13. The van der Waals surface area contributed by atoms with Crippen LogP contribution in [0.15, 0.2) is 65.8 Å². The van der Waals surface area contributed by atoms with Crippen LogP contribution in [0.25, 0.3) is 20.7 Å². The number of aromatic nitrogens is 2. The summed E-state index contributed by atoms with van der Waals surface area (Å²) in [4.78, 5) is 11.0. The molecular weight excluding hydrogens is 394 g/mol. The summed E-state index contributed by atoms with van der Waals surface area (Å²) in [6.07, 6.45) is 1.58. The van der Waals surface area contributed by atoms with Crippen LogP contribution in [0.1, 0.15) is 11.4 Å². The largest absolute Gasteiger partial charge is 0.435 e. The van der Waals surface area contributed by atoms with Crippen LogP contribution >= 0.6 is 11.3 Å². The van der Waals surface area contributed by atoms with Gasteiger partial charge in [-0.1, -0.05) is 30.3 Å². The molecule has 0 radical (unpaired) electrons. The minimum atomic E-state index is -2.84. The number of alkyl halides is 2. The molecule has 146 valence electrons. The van der Waals surface area contributed by atoms with E-state index in [0.29, 0.717) is 11.6 Å². The summed E-state index contributed by atoms with van der Waals surface area (Å²) in [6.45, 7) is -1.01. The first-order valence-electron chi connectivity index (χ1n) is 8.76. The molecule has 4 rings (SSSR count). The molecular formula is C21H16F2N4OS. The molecule has 2 aromatic heterocycles. The van der Waals surface area contributed by atoms with E-state index in [1.54, 1.807) is 29.7 Å². The second kappa shape index (κ2) is 8.32. The molecule has 0 fully saturated rings. The van der Waals surface area contributed by atoms with Gasteiger partial charge in [-0.25, -0.2) is 9.97 Å². The minimum Gasteiger partial charge on any atom is -0.435 e. The van der Waals surface area contributed by atoms with Crippen molar-refractivity contribution in [3.05, 3.63) is 72.1 Å². The second-order valence-corrected chi connectivity index (χ2v) is 7.16. The van der Waals surface area contributed by atoms with Crippen LogP contribution < -0.4 is 10.2 Å². The fourth-order valence-corrected chi connectivity index (χ4v) is 3.84. The van der Waals surface area contributed by atoms with Crippen molar-refractivity contribution in [3.63, 3.8) is 0 Å². The molecule has 0 unspecified atom stereocenters. The van der Waals surface area contributed by atoms with E-state index in [1.807, 2.05) is 31.2 Å². The Hall–Kier alpha value is -3.39. The Morgan fingerprint density at radius 2 is 1.83 bits per heavy atom. The van der Waals surface area contributed by atoms with E-state index >= 15 is 0 Å². The number of ether oxygens (including phenoxy) is 1. The average molecular weight is 410 g/mol. The number of anilines is 1. The smallest absolute Gasteiger partial charge is 0.387 e. The number of halogens is 2. The zero-order chi connectivity index (χ0) is 20.2. The molecule has 0 spiro atoms. The lowest BCUT2D eigenvalue weighted by molar-refractivity contribution is -0.0498. The van der Waals surface area contributed by atoms with E-state index < -0.39 is 6.61 Å². The van der Waals surface area contributed by atoms with Crippen LogP contribution in [-0.2, 0) is 0 Å². The van der Waals surface area contributed by atoms with Crippen molar-refractivity contribution in [3.8, 4) is 16.2 Å². The lowest BCUT2D eigenvalue weighted by Gasteiger charge is -2.04.